The zero-order valence-electron chi connectivity index (χ0n) is 9.70. The van der Waals surface area contributed by atoms with Crippen molar-refractivity contribution in [1.82, 2.24) is 0 Å². The van der Waals surface area contributed by atoms with Crippen molar-refractivity contribution in [3.05, 3.63) is 65.7 Å². The molecule has 0 amide bonds. The molecular weight excluding hydrogens is 230 g/mol. The first-order chi connectivity index (χ1) is 8.38. The second-order valence-electron chi connectivity index (χ2n) is 3.99. The highest BCUT2D eigenvalue weighted by atomic mass is 35.5. The van der Waals surface area contributed by atoms with Gasteiger partial charge in [0.05, 0.1) is 0 Å². The first kappa shape index (κ1) is 12.0. The van der Waals surface area contributed by atoms with E-state index in [1.807, 2.05) is 6.07 Å². The third-order valence-corrected chi connectivity index (χ3v) is 3.00. The van der Waals surface area contributed by atoms with Gasteiger partial charge in [0.25, 0.3) is 0 Å². The smallest absolute Gasteiger partial charge is 0.0474 e. The Balaban J connectivity index is 1.82. The second-order valence-corrected chi connectivity index (χ2v) is 4.26. The predicted molar refractivity (Wildman–Crippen MR) is 74.6 cm³/mol. The van der Waals surface area contributed by atoms with Crippen molar-refractivity contribution < 1.29 is 0 Å². The van der Waals surface area contributed by atoms with Crippen LogP contribution in [-0.4, -0.2) is 6.54 Å². The van der Waals surface area contributed by atoms with E-state index < -0.39 is 0 Å². The third kappa shape index (κ3) is 3.79. The number of hydrogen-bond acceptors (Lipinski definition) is 1. The summed E-state index contributed by atoms with van der Waals surface area (Å²) in [6.07, 6.45) is 1.04. The van der Waals surface area contributed by atoms with Crippen molar-refractivity contribution in [2.45, 2.75) is 12.3 Å². The van der Waals surface area contributed by atoms with Crippen LogP contribution in [0.15, 0.2) is 54.6 Å². The first-order valence-electron chi connectivity index (χ1n) is 5.81. The highest BCUT2D eigenvalue weighted by Crippen LogP contribution is 2.11. The minimum atomic E-state index is 0.574. The van der Waals surface area contributed by atoms with Crippen LogP contribution < -0.4 is 5.32 Å². The maximum Gasteiger partial charge on any atom is 0.0474 e. The van der Waals surface area contributed by atoms with Crippen molar-refractivity contribution in [2.24, 2.45) is 0 Å². The molecular formula is C15H16ClN. The molecule has 0 radical (unpaired) electrons. The van der Waals surface area contributed by atoms with Crippen LogP contribution in [0.1, 0.15) is 11.1 Å². The van der Waals surface area contributed by atoms with Crippen LogP contribution in [-0.2, 0) is 12.3 Å². The first-order valence-corrected chi connectivity index (χ1v) is 6.34. The lowest BCUT2D eigenvalue weighted by Crippen LogP contribution is -2.04. The average molecular weight is 246 g/mol. The lowest BCUT2D eigenvalue weighted by molar-refractivity contribution is 1.02. The standard InChI is InChI=1S/C15H16ClN/c16-12-14-6-8-15(9-7-14)17-11-10-13-4-2-1-3-5-13/h1-9,17H,10-12H2. The molecule has 2 heteroatoms. The Morgan fingerprint density at radius 3 is 2.18 bits per heavy atom. The van der Waals surface area contributed by atoms with E-state index in [9.17, 15) is 0 Å². The number of benzene rings is 2. The molecule has 1 nitrogen and oxygen atoms in total. The van der Waals surface area contributed by atoms with E-state index in [4.69, 9.17) is 11.6 Å². The Morgan fingerprint density at radius 1 is 0.824 bits per heavy atom. The number of anilines is 1. The molecule has 0 saturated heterocycles. The van der Waals surface area contributed by atoms with Gasteiger partial charge in [0.15, 0.2) is 0 Å². The number of halogens is 1. The normalized spacial score (nSPS) is 10.2. The van der Waals surface area contributed by atoms with E-state index in [1.54, 1.807) is 0 Å². The molecule has 0 aromatic heterocycles. The SMILES string of the molecule is ClCc1ccc(NCCc2ccccc2)cc1. The van der Waals surface area contributed by atoms with Gasteiger partial charge in [0.1, 0.15) is 0 Å². The molecule has 2 aromatic carbocycles. The Morgan fingerprint density at radius 2 is 1.53 bits per heavy atom. The Bertz CT molecular complexity index is 436. The van der Waals surface area contributed by atoms with E-state index in [0.717, 1.165) is 24.2 Å². The molecule has 0 unspecified atom stereocenters. The Kier molecular flexibility index (Phi) is 4.45. The van der Waals surface area contributed by atoms with E-state index in [0.29, 0.717) is 5.88 Å². The summed E-state index contributed by atoms with van der Waals surface area (Å²) in [5.41, 5.74) is 3.66. The lowest BCUT2D eigenvalue weighted by atomic mass is 10.1. The average Bonchev–Trinajstić information content (AvgIpc) is 2.41. The predicted octanol–water partition coefficient (Wildman–Crippen LogP) is 4.08. The van der Waals surface area contributed by atoms with E-state index in [1.165, 1.54) is 5.56 Å². The summed E-state index contributed by atoms with van der Waals surface area (Å²) in [6.45, 7) is 0.949. The van der Waals surface area contributed by atoms with Crippen LogP contribution in [0.2, 0.25) is 0 Å². The van der Waals surface area contributed by atoms with Crippen molar-refractivity contribution in [3.8, 4) is 0 Å². The minimum absolute atomic E-state index is 0.574. The molecule has 0 fully saturated rings. The highest BCUT2D eigenvalue weighted by Gasteiger charge is 1.94. The highest BCUT2D eigenvalue weighted by molar-refractivity contribution is 6.17. The quantitative estimate of drug-likeness (QED) is 0.783. The molecule has 2 aromatic rings. The summed E-state index contributed by atoms with van der Waals surface area (Å²) < 4.78 is 0. The van der Waals surface area contributed by atoms with Gasteiger partial charge < -0.3 is 5.32 Å². The molecule has 17 heavy (non-hydrogen) atoms. The molecule has 0 heterocycles. The van der Waals surface area contributed by atoms with Gasteiger partial charge >= 0.3 is 0 Å². The number of alkyl halides is 1. The fourth-order valence-electron chi connectivity index (χ4n) is 1.71. The molecule has 0 aliphatic rings. The topological polar surface area (TPSA) is 12.0 Å². The molecule has 1 N–H and O–H groups in total. The van der Waals surface area contributed by atoms with Crippen LogP contribution >= 0.6 is 11.6 Å². The summed E-state index contributed by atoms with van der Waals surface area (Å²) in [4.78, 5) is 0. The second kappa shape index (κ2) is 6.31. The lowest BCUT2D eigenvalue weighted by Gasteiger charge is -2.06. The largest absolute Gasteiger partial charge is 0.385 e. The van der Waals surface area contributed by atoms with Crippen molar-refractivity contribution >= 4 is 17.3 Å². The monoisotopic (exact) mass is 245 g/mol. The third-order valence-electron chi connectivity index (χ3n) is 2.69. The van der Waals surface area contributed by atoms with Gasteiger partial charge in [-0.2, -0.15) is 0 Å². The minimum Gasteiger partial charge on any atom is -0.385 e. The Hall–Kier alpha value is -1.47. The van der Waals surface area contributed by atoms with Gasteiger partial charge in [0, 0.05) is 18.1 Å². The molecule has 0 bridgehead atoms. The number of nitrogens with one attached hydrogen (secondary N) is 1. The molecule has 2 rings (SSSR count). The van der Waals surface area contributed by atoms with Gasteiger partial charge in [0.2, 0.25) is 0 Å². The van der Waals surface area contributed by atoms with Crippen molar-refractivity contribution in [1.29, 1.82) is 0 Å². The molecule has 0 spiro atoms. The van der Waals surface area contributed by atoms with E-state index in [-0.39, 0.29) is 0 Å². The molecule has 0 aliphatic carbocycles. The van der Waals surface area contributed by atoms with Crippen LogP contribution in [0.5, 0.6) is 0 Å². The van der Waals surface area contributed by atoms with Crippen molar-refractivity contribution in [3.63, 3.8) is 0 Å². The summed E-state index contributed by atoms with van der Waals surface area (Å²) in [6, 6.07) is 18.7. The van der Waals surface area contributed by atoms with Crippen LogP contribution in [0, 0.1) is 0 Å². The van der Waals surface area contributed by atoms with E-state index >= 15 is 0 Å². The zero-order chi connectivity index (χ0) is 11.9. The fourth-order valence-corrected chi connectivity index (χ4v) is 1.89. The summed E-state index contributed by atoms with van der Waals surface area (Å²) in [7, 11) is 0. The maximum atomic E-state index is 5.74. The van der Waals surface area contributed by atoms with Crippen LogP contribution in [0.3, 0.4) is 0 Å². The summed E-state index contributed by atoms with van der Waals surface area (Å²) >= 11 is 5.74. The van der Waals surface area contributed by atoms with Gasteiger partial charge in [-0.15, -0.1) is 11.6 Å². The fraction of sp³-hybridized carbons (Fsp3) is 0.200. The van der Waals surface area contributed by atoms with Gasteiger partial charge in [-0.3, -0.25) is 0 Å². The summed E-state index contributed by atoms with van der Waals surface area (Å²) in [5.74, 6) is 0.574. The van der Waals surface area contributed by atoms with Crippen molar-refractivity contribution in [2.75, 3.05) is 11.9 Å². The Labute approximate surface area is 107 Å². The van der Waals surface area contributed by atoms with E-state index in [2.05, 4.69) is 53.8 Å². The van der Waals surface area contributed by atoms with Crippen LogP contribution in [0.4, 0.5) is 5.69 Å². The van der Waals surface area contributed by atoms with Crippen LogP contribution in [0.25, 0.3) is 0 Å². The summed E-state index contributed by atoms with van der Waals surface area (Å²) in [5, 5.41) is 3.40. The number of hydrogen-bond donors (Lipinski definition) is 1. The zero-order valence-corrected chi connectivity index (χ0v) is 10.5. The molecule has 88 valence electrons. The maximum absolute atomic E-state index is 5.74. The number of rotatable bonds is 5. The molecule has 0 saturated carbocycles. The molecule has 0 atom stereocenters. The van der Waals surface area contributed by atoms with Gasteiger partial charge in [-0.25, -0.2) is 0 Å². The van der Waals surface area contributed by atoms with Gasteiger partial charge in [-0.1, -0.05) is 42.5 Å². The molecule has 0 aliphatic heterocycles. The van der Waals surface area contributed by atoms with Gasteiger partial charge in [-0.05, 0) is 29.7 Å².